The summed E-state index contributed by atoms with van der Waals surface area (Å²) in [6.45, 7) is 3.72. The van der Waals surface area contributed by atoms with Crippen molar-refractivity contribution in [2.24, 2.45) is 11.3 Å². The summed E-state index contributed by atoms with van der Waals surface area (Å²) in [6.07, 6.45) is 6.88. The molecule has 0 spiro atoms. The maximum Gasteiger partial charge on any atom is 0.311 e. The van der Waals surface area contributed by atoms with Gasteiger partial charge in [-0.25, -0.2) is 8.42 Å². The second-order valence-electron chi connectivity index (χ2n) is 5.64. The van der Waals surface area contributed by atoms with Gasteiger partial charge in [-0.2, -0.15) is 0 Å². The second-order valence-corrected chi connectivity index (χ2v) is 7.81. The van der Waals surface area contributed by atoms with Gasteiger partial charge in [0.05, 0.1) is 18.3 Å². The predicted octanol–water partition coefficient (Wildman–Crippen LogP) is 3.08. The fourth-order valence-corrected chi connectivity index (χ4v) is 3.62. The lowest BCUT2D eigenvalue weighted by Gasteiger charge is -2.37. The molecule has 4 nitrogen and oxygen atoms in total. The molecule has 5 heteroatoms. The first-order valence-electron chi connectivity index (χ1n) is 7.38. The van der Waals surface area contributed by atoms with E-state index in [2.05, 4.69) is 6.92 Å². The lowest BCUT2D eigenvalue weighted by Crippen LogP contribution is -2.36. The fourth-order valence-electron chi connectivity index (χ4n) is 2.96. The van der Waals surface area contributed by atoms with Crippen LogP contribution in [-0.2, 0) is 19.4 Å². The molecule has 0 aliphatic heterocycles. The van der Waals surface area contributed by atoms with Crippen LogP contribution in [-0.4, -0.2) is 27.2 Å². The van der Waals surface area contributed by atoms with Crippen molar-refractivity contribution in [3.8, 4) is 0 Å². The minimum absolute atomic E-state index is 0.108. The van der Waals surface area contributed by atoms with E-state index in [1.807, 2.05) is 0 Å². The quantitative estimate of drug-likeness (QED) is 0.707. The maximum atomic E-state index is 12.0. The molecule has 1 saturated carbocycles. The zero-order valence-corrected chi connectivity index (χ0v) is 13.5. The Morgan fingerprint density at radius 3 is 2.35 bits per heavy atom. The van der Waals surface area contributed by atoms with Crippen molar-refractivity contribution >= 4 is 15.8 Å². The van der Waals surface area contributed by atoms with E-state index in [-0.39, 0.29) is 23.1 Å². The number of hydrogen-bond acceptors (Lipinski definition) is 4. The first-order chi connectivity index (χ1) is 9.39. The van der Waals surface area contributed by atoms with Gasteiger partial charge in [-0.1, -0.05) is 26.3 Å². The minimum atomic E-state index is -3.05. The Labute approximate surface area is 122 Å². The van der Waals surface area contributed by atoms with E-state index >= 15 is 0 Å². The minimum Gasteiger partial charge on any atom is -0.469 e. The molecule has 1 fully saturated rings. The smallest absolute Gasteiger partial charge is 0.311 e. The van der Waals surface area contributed by atoms with Crippen LogP contribution in [0.5, 0.6) is 0 Å². The van der Waals surface area contributed by atoms with Gasteiger partial charge in [-0.15, -0.1) is 0 Å². The number of rotatable bonds is 6. The average Bonchev–Trinajstić information content (AvgIpc) is 2.46. The molecule has 0 bridgehead atoms. The Morgan fingerprint density at radius 2 is 1.90 bits per heavy atom. The molecule has 0 atom stereocenters. The number of ether oxygens (including phenoxy) is 1. The third-order valence-corrected chi connectivity index (χ3v) is 5.67. The molecule has 1 aliphatic rings. The van der Waals surface area contributed by atoms with Crippen LogP contribution in [0.25, 0.3) is 0 Å². The van der Waals surface area contributed by atoms with Gasteiger partial charge in [0, 0.05) is 5.41 Å². The van der Waals surface area contributed by atoms with Gasteiger partial charge in [-0.05, 0) is 38.0 Å². The third-order valence-electron chi connectivity index (χ3n) is 4.29. The largest absolute Gasteiger partial charge is 0.469 e. The highest BCUT2D eigenvalue weighted by Crippen LogP contribution is 2.43. The van der Waals surface area contributed by atoms with Gasteiger partial charge in [-0.3, -0.25) is 4.79 Å². The van der Waals surface area contributed by atoms with Crippen LogP contribution in [0.3, 0.4) is 0 Å². The van der Waals surface area contributed by atoms with Gasteiger partial charge < -0.3 is 4.74 Å². The van der Waals surface area contributed by atoms with Gasteiger partial charge in [0.15, 0.2) is 9.84 Å². The molecule has 0 aromatic carbocycles. The normalized spacial score (nSPS) is 27.6. The lowest BCUT2D eigenvalue weighted by atomic mass is 9.68. The molecule has 0 saturated heterocycles. The van der Waals surface area contributed by atoms with Crippen LogP contribution >= 0.6 is 0 Å². The molecule has 0 radical (unpaired) electrons. The Balaban J connectivity index is 2.68. The number of methoxy groups -OCH3 is 1. The number of allylic oxidation sites excluding steroid dienone is 1. The Bertz CT molecular complexity index is 442. The number of carbonyl (C=O) groups excluding carboxylic acids is 1. The van der Waals surface area contributed by atoms with Crippen LogP contribution in [0.15, 0.2) is 11.5 Å². The summed E-state index contributed by atoms with van der Waals surface area (Å²) in [5, 5.41) is 1.34. The molecule has 20 heavy (non-hydrogen) atoms. The molecule has 0 amide bonds. The molecule has 1 rings (SSSR count). The van der Waals surface area contributed by atoms with E-state index in [0.29, 0.717) is 0 Å². The second kappa shape index (κ2) is 7.25. The van der Waals surface area contributed by atoms with Crippen molar-refractivity contribution in [3.63, 3.8) is 0 Å². The monoisotopic (exact) mass is 302 g/mol. The summed E-state index contributed by atoms with van der Waals surface area (Å²) in [5.74, 6) is 0.284. The van der Waals surface area contributed by atoms with Crippen molar-refractivity contribution in [2.45, 2.75) is 52.4 Å². The van der Waals surface area contributed by atoms with Crippen LogP contribution in [0, 0.1) is 11.3 Å². The molecule has 1 aliphatic carbocycles. The van der Waals surface area contributed by atoms with Gasteiger partial charge >= 0.3 is 5.97 Å². The number of carbonyl (C=O) groups is 1. The summed E-state index contributed by atoms with van der Waals surface area (Å²) < 4.78 is 27.9. The highest BCUT2D eigenvalue weighted by atomic mass is 32.2. The van der Waals surface area contributed by atoms with Crippen molar-refractivity contribution in [3.05, 3.63) is 11.5 Å². The van der Waals surface area contributed by atoms with Crippen molar-refractivity contribution in [1.82, 2.24) is 0 Å². The highest BCUT2D eigenvalue weighted by Gasteiger charge is 2.41. The average molecular weight is 302 g/mol. The molecule has 0 unspecified atom stereocenters. The van der Waals surface area contributed by atoms with Gasteiger partial charge in [0.25, 0.3) is 0 Å². The standard InChI is InChI=1S/C15H26O4S/c1-4-9-15(14(16)19-3)10-6-13(7-11-15)8-12-20(17,18)5-2/h8,12-13H,4-7,9-11H2,1-3H3/b12-8+. The SMILES string of the molecule is CCCC1(C(=O)OC)CCC(/C=C/S(=O)(=O)CC)CC1. The Hall–Kier alpha value is -0.840. The molecule has 116 valence electrons. The zero-order valence-electron chi connectivity index (χ0n) is 12.7. The molecular weight excluding hydrogens is 276 g/mol. The summed E-state index contributed by atoms with van der Waals surface area (Å²) in [5.41, 5.74) is -0.350. The first-order valence-corrected chi connectivity index (χ1v) is 9.10. The Kier molecular flexibility index (Phi) is 6.24. The summed E-state index contributed by atoms with van der Waals surface area (Å²) >= 11 is 0. The van der Waals surface area contributed by atoms with E-state index in [9.17, 15) is 13.2 Å². The van der Waals surface area contributed by atoms with Gasteiger partial charge in [0.1, 0.15) is 0 Å². The van der Waals surface area contributed by atoms with E-state index in [4.69, 9.17) is 4.74 Å². The topological polar surface area (TPSA) is 60.4 Å². The van der Waals surface area contributed by atoms with E-state index in [1.54, 1.807) is 13.0 Å². The van der Waals surface area contributed by atoms with Crippen molar-refractivity contribution < 1.29 is 17.9 Å². The van der Waals surface area contributed by atoms with Crippen LogP contribution in [0.2, 0.25) is 0 Å². The summed E-state index contributed by atoms with van der Waals surface area (Å²) in [7, 11) is -1.61. The summed E-state index contributed by atoms with van der Waals surface area (Å²) in [6, 6.07) is 0. The molecule has 0 aromatic heterocycles. The molecular formula is C15H26O4S. The lowest BCUT2D eigenvalue weighted by molar-refractivity contribution is -0.156. The van der Waals surface area contributed by atoms with E-state index < -0.39 is 9.84 Å². The maximum absolute atomic E-state index is 12.0. The predicted molar refractivity (Wildman–Crippen MR) is 79.9 cm³/mol. The van der Waals surface area contributed by atoms with Crippen LogP contribution in [0.4, 0.5) is 0 Å². The van der Waals surface area contributed by atoms with Crippen LogP contribution in [0.1, 0.15) is 52.4 Å². The fraction of sp³-hybridized carbons (Fsp3) is 0.800. The number of hydrogen-bond donors (Lipinski definition) is 0. The van der Waals surface area contributed by atoms with Gasteiger partial charge in [0.2, 0.25) is 0 Å². The van der Waals surface area contributed by atoms with Crippen molar-refractivity contribution in [1.29, 1.82) is 0 Å². The van der Waals surface area contributed by atoms with E-state index in [0.717, 1.165) is 38.5 Å². The van der Waals surface area contributed by atoms with Crippen LogP contribution < -0.4 is 0 Å². The first kappa shape index (κ1) is 17.2. The molecule has 0 aromatic rings. The number of esters is 1. The summed E-state index contributed by atoms with van der Waals surface area (Å²) in [4.78, 5) is 12.0. The Morgan fingerprint density at radius 1 is 1.30 bits per heavy atom. The van der Waals surface area contributed by atoms with Crippen molar-refractivity contribution in [2.75, 3.05) is 12.9 Å². The highest BCUT2D eigenvalue weighted by molar-refractivity contribution is 7.94. The zero-order chi connectivity index (χ0) is 15.2. The molecule has 0 heterocycles. The number of sulfone groups is 1. The van der Waals surface area contributed by atoms with E-state index in [1.165, 1.54) is 12.5 Å². The molecule has 0 N–H and O–H groups in total. The third kappa shape index (κ3) is 4.33.